The predicted molar refractivity (Wildman–Crippen MR) is 87.9 cm³/mol. The number of thiazole rings is 1. The Bertz CT molecular complexity index is 671. The first kappa shape index (κ1) is 14.7. The molecule has 6 nitrogen and oxygen atoms in total. The Morgan fingerprint density at radius 3 is 2.70 bits per heavy atom. The molecule has 0 saturated carbocycles. The second kappa shape index (κ2) is 6.18. The third-order valence-corrected chi connectivity index (χ3v) is 3.69. The van der Waals surface area contributed by atoms with Crippen LogP contribution in [-0.4, -0.2) is 16.8 Å². The highest BCUT2D eigenvalue weighted by Gasteiger charge is 2.14. The SMILES string of the molecule is CC(=O)Nc1cc(I)ccc1C(=O)Nc1ncc(N)s1. The molecule has 20 heavy (non-hydrogen) atoms. The summed E-state index contributed by atoms with van der Waals surface area (Å²) in [5.74, 6) is -0.584. The number of carbonyl (C=O) groups excluding carboxylic acids is 2. The molecule has 0 aliphatic rings. The number of amides is 2. The van der Waals surface area contributed by atoms with Gasteiger partial charge in [0.25, 0.3) is 5.91 Å². The van der Waals surface area contributed by atoms with E-state index >= 15 is 0 Å². The van der Waals surface area contributed by atoms with Gasteiger partial charge in [-0.15, -0.1) is 0 Å². The monoisotopic (exact) mass is 402 g/mol. The van der Waals surface area contributed by atoms with Crippen LogP contribution in [-0.2, 0) is 4.79 Å². The van der Waals surface area contributed by atoms with Gasteiger partial charge in [-0.2, -0.15) is 0 Å². The molecule has 1 aromatic heterocycles. The first-order valence-corrected chi connectivity index (χ1v) is 7.45. The zero-order valence-electron chi connectivity index (χ0n) is 10.4. The largest absolute Gasteiger partial charge is 0.389 e. The normalized spacial score (nSPS) is 10.1. The molecule has 0 aliphatic heterocycles. The Morgan fingerprint density at radius 2 is 2.10 bits per heavy atom. The van der Waals surface area contributed by atoms with Crippen molar-refractivity contribution in [3.8, 4) is 0 Å². The standard InChI is InChI=1S/C12H11IN4O2S/c1-6(18)16-9-4-7(13)2-3-8(9)11(19)17-12-15-5-10(14)20-12/h2-5H,14H2,1H3,(H,16,18)(H,15,17,19). The molecule has 4 N–H and O–H groups in total. The van der Waals surface area contributed by atoms with Crippen LogP contribution in [0.15, 0.2) is 24.4 Å². The number of aromatic nitrogens is 1. The van der Waals surface area contributed by atoms with Gasteiger partial charge in [0.2, 0.25) is 5.91 Å². The highest BCUT2D eigenvalue weighted by Crippen LogP contribution is 2.23. The smallest absolute Gasteiger partial charge is 0.259 e. The van der Waals surface area contributed by atoms with Gasteiger partial charge in [-0.05, 0) is 40.8 Å². The fourth-order valence-corrected chi connectivity index (χ4v) is 2.59. The van der Waals surface area contributed by atoms with Gasteiger partial charge in [0.1, 0.15) is 5.00 Å². The van der Waals surface area contributed by atoms with Crippen molar-refractivity contribution in [3.05, 3.63) is 33.5 Å². The Balaban J connectivity index is 2.26. The summed E-state index contributed by atoms with van der Waals surface area (Å²) in [6, 6.07) is 5.17. The number of hydrogen-bond acceptors (Lipinski definition) is 5. The van der Waals surface area contributed by atoms with Crippen molar-refractivity contribution < 1.29 is 9.59 Å². The Labute approximate surface area is 132 Å². The van der Waals surface area contributed by atoms with Crippen LogP contribution < -0.4 is 16.4 Å². The Kier molecular flexibility index (Phi) is 4.55. The molecule has 2 rings (SSSR count). The van der Waals surface area contributed by atoms with E-state index in [0.29, 0.717) is 21.4 Å². The van der Waals surface area contributed by atoms with E-state index in [4.69, 9.17) is 5.73 Å². The zero-order valence-corrected chi connectivity index (χ0v) is 13.4. The number of benzene rings is 1. The van der Waals surface area contributed by atoms with Crippen molar-refractivity contribution >= 4 is 61.6 Å². The number of carbonyl (C=O) groups is 2. The third-order valence-electron chi connectivity index (χ3n) is 2.28. The summed E-state index contributed by atoms with van der Waals surface area (Å²) in [7, 11) is 0. The fraction of sp³-hybridized carbons (Fsp3) is 0.0833. The lowest BCUT2D eigenvalue weighted by atomic mass is 10.1. The molecular weight excluding hydrogens is 391 g/mol. The summed E-state index contributed by atoms with van der Waals surface area (Å²) in [5.41, 5.74) is 6.39. The van der Waals surface area contributed by atoms with Gasteiger partial charge in [0.05, 0.1) is 17.4 Å². The average Bonchev–Trinajstić information content (AvgIpc) is 2.73. The molecule has 0 radical (unpaired) electrons. The minimum atomic E-state index is -0.348. The van der Waals surface area contributed by atoms with E-state index in [1.165, 1.54) is 24.5 Å². The molecule has 0 unspecified atom stereocenters. The molecule has 0 bridgehead atoms. The average molecular weight is 402 g/mol. The summed E-state index contributed by atoms with van der Waals surface area (Å²) in [6.45, 7) is 1.39. The summed E-state index contributed by atoms with van der Waals surface area (Å²) in [5, 5.41) is 6.22. The van der Waals surface area contributed by atoms with Crippen molar-refractivity contribution in [1.29, 1.82) is 0 Å². The molecule has 2 amide bonds. The van der Waals surface area contributed by atoms with Gasteiger partial charge in [-0.25, -0.2) is 4.98 Å². The number of nitrogen functional groups attached to an aromatic ring is 1. The maximum absolute atomic E-state index is 12.2. The second-order valence-corrected chi connectivity index (χ2v) is 6.20. The van der Waals surface area contributed by atoms with Crippen molar-refractivity contribution in [3.63, 3.8) is 0 Å². The molecular formula is C12H11IN4O2S. The highest BCUT2D eigenvalue weighted by atomic mass is 127. The van der Waals surface area contributed by atoms with Crippen LogP contribution in [0.1, 0.15) is 17.3 Å². The second-order valence-electron chi connectivity index (χ2n) is 3.89. The van der Waals surface area contributed by atoms with Crippen molar-refractivity contribution in [2.24, 2.45) is 0 Å². The van der Waals surface area contributed by atoms with Gasteiger partial charge >= 0.3 is 0 Å². The van der Waals surface area contributed by atoms with E-state index < -0.39 is 0 Å². The first-order chi connectivity index (χ1) is 9.45. The lowest BCUT2D eigenvalue weighted by Crippen LogP contribution is -2.16. The Morgan fingerprint density at radius 1 is 1.35 bits per heavy atom. The van der Waals surface area contributed by atoms with Gasteiger partial charge in [-0.3, -0.25) is 14.9 Å². The van der Waals surface area contributed by atoms with Gasteiger partial charge in [0, 0.05) is 10.5 Å². The molecule has 1 heterocycles. The fourth-order valence-electron chi connectivity index (χ4n) is 1.52. The van der Waals surface area contributed by atoms with Crippen LogP contribution in [0.2, 0.25) is 0 Å². The van der Waals surface area contributed by atoms with Crippen LogP contribution in [0.3, 0.4) is 0 Å². The van der Waals surface area contributed by atoms with E-state index in [2.05, 4.69) is 38.2 Å². The van der Waals surface area contributed by atoms with Gasteiger partial charge in [-0.1, -0.05) is 11.3 Å². The Hall–Kier alpha value is -1.68. The van der Waals surface area contributed by atoms with Crippen molar-refractivity contribution in [1.82, 2.24) is 4.98 Å². The zero-order chi connectivity index (χ0) is 14.7. The number of nitrogens with one attached hydrogen (secondary N) is 2. The third kappa shape index (κ3) is 3.67. The van der Waals surface area contributed by atoms with E-state index in [-0.39, 0.29) is 11.8 Å². The quantitative estimate of drug-likeness (QED) is 0.688. The minimum Gasteiger partial charge on any atom is -0.389 e. The molecule has 1 aromatic carbocycles. The number of nitrogens with zero attached hydrogens (tertiary/aromatic N) is 1. The lowest BCUT2D eigenvalue weighted by Gasteiger charge is -2.09. The topological polar surface area (TPSA) is 97.1 Å². The molecule has 0 saturated heterocycles. The van der Waals surface area contributed by atoms with E-state index in [0.717, 1.165) is 3.57 Å². The maximum atomic E-state index is 12.2. The first-order valence-electron chi connectivity index (χ1n) is 5.55. The molecule has 2 aromatic rings. The summed E-state index contributed by atoms with van der Waals surface area (Å²) < 4.78 is 0.918. The van der Waals surface area contributed by atoms with Crippen LogP contribution >= 0.6 is 33.9 Å². The van der Waals surface area contributed by atoms with Crippen molar-refractivity contribution in [2.75, 3.05) is 16.4 Å². The lowest BCUT2D eigenvalue weighted by molar-refractivity contribution is -0.114. The van der Waals surface area contributed by atoms with Crippen LogP contribution in [0.4, 0.5) is 15.8 Å². The van der Waals surface area contributed by atoms with Crippen molar-refractivity contribution in [2.45, 2.75) is 6.92 Å². The molecule has 0 fully saturated rings. The van der Waals surface area contributed by atoms with Gasteiger partial charge in [0.15, 0.2) is 5.13 Å². The molecule has 0 aliphatic carbocycles. The van der Waals surface area contributed by atoms with Crippen LogP contribution in [0, 0.1) is 3.57 Å². The van der Waals surface area contributed by atoms with Crippen LogP contribution in [0.5, 0.6) is 0 Å². The molecule has 0 spiro atoms. The summed E-state index contributed by atoms with van der Waals surface area (Å²) in [6.07, 6.45) is 1.48. The molecule has 8 heteroatoms. The van der Waals surface area contributed by atoms with Crippen LogP contribution in [0.25, 0.3) is 0 Å². The minimum absolute atomic E-state index is 0.237. The number of nitrogens with two attached hydrogens (primary N) is 1. The molecule has 104 valence electrons. The molecule has 0 atom stereocenters. The highest BCUT2D eigenvalue weighted by molar-refractivity contribution is 14.1. The van der Waals surface area contributed by atoms with Gasteiger partial charge < -0.3 is 11.1 Å². The van der Waals surface area contributed by atoms with E-state index in [9.17, 15) is 9.59 Å². The summed E-state index contributed by atoms with van der Waals surface area (Å²) in [4.78, 5) is 27.3. The maximum Gasteiger partial charge on any atom is 0.259 e. The summed E-state index contributed by atoms with van der Waals surface area (Å²) >= 11 is 3.29. The number of hydrogen-bond donors (Lipinski definition) is 3. The predicted octanol–water partition coefficient (Wildman–Crippen LogP) is 2.54. The van der Waals surface area contributed by atoms with E-state index in [1.807, 2.05) is 0 Å². The number of halogens is 1. The van der Waals surface area contributed by atoms with E-state index in [1.54, 1.807) is 18.2 Å². The number of anilines is 3. The number of rotatable bonds is 3.